The van der Waals surface area contributed by atoms with Crippen molar-refractivity contribution in [3.8, 4) is 0 Å². The number of hydrogen-bond acceptors (Lipinski definition) is 8. The van der Waals surface area contributed by atoms with Crippen LogP contribution in [-0.4, -0.2) is 56.8 Å². The predicted octanol–water partition coefficient (Wildman–Crippen LogP) is 5.07. The molecule has 0 spiro atoms. The molecule has 1 aliphatic carbocycles. The maximum Gasteiger partial charge on any atom is 0.361 e. The van der Waals surface area contributed by atoms with Crippen molar-refractivity contribution in [1.82, 2.24) is 20.0 Å². The van der Waals surface area contributed by atoms with Crippen LogP contribution in [0, 0.1) is 19.8 Å². The summed E-state index contributed by atoms with van der Waals surface area (Å²) in [6.07, 6.45) is 4.89. The van der Waals surface area contributed by atoms with Crippen LogP contribution in [0.5, 0.6) is 0 Å². The average molecular weight is 570 g/mol. The Morgan fingerprint density at radius 1 is 0.929 bits per heavy atom. The van der Waals surface area contributed by atoms with Gasteiger partial charge in [0.1, 0.15) is 6.54 Å². The number of aromatic nitrogens is 3. The number of allylic oxidation sites excluding steroid dienone is 1. The summed E-state index contributed by atoms with van der Waals surface area (Å²) in [5.74, 6) is -1.99. The fraction of sp³-hybridized carbons (Fsp3) is 0.375. The molecule has 3 aromatic rings. The van der Waals surface area contributed by atoms with Crippen molar-refractivity contribution in [3.63, 3.8) is 0 Å². The second-order valence-corrected chi connectivity index (χ2v) is 10.5. The number of fused-ring (bicyclic) bond motifs is 1. The number of carbonyl (C=O) groups excluding carboxylic acids is 3. The quantitative estimate of drug-likeness (QED) is 0.348. The Kier molecular flexibility index (Phi) is 8.61. The highest BCUT2D eigenvalue weighted by atomic mass is 16.5. The minimum atomic E-state index is -0.810. The number of aryl methyl sites for hydroxylation is 2. The van der Waals surface area contributed by atoms with E-state index in [1.807, 2.05) is 31.2 Å². The SMILES string of the molecule is CCOC(=O)c1nnn(CC(=O)N2N=C3C(=Cc4ccc(C)cc4)CCCC3C2c2ccc(C)cc2)c1C(=O)OCC. The Morgan fingerprint density at radius 2 is 1.57 bits per heavy atom. The molecule has 218 valence electrons. The van der Waals surface area contributed by atoms with Gasteiger partial charge in [-0.25, -0.2) is 19.3 Å². The van der Waals surface area contributed by atoms with Gasteiger partial charge in [0.05, 0.1) is 25.0 Å². The molecule has 2 aliphatic rings. The molecule has 10 nitrogen and oxygen atoms in total. The van der Waals surface area contributed by atoms with E-state index in [4.69, 9.17) is 14.6 Å². The van der Waals surface area contributed by atoms with Crippen molar-refractivity contribution in [2.24, 2.45) is 11.0 Å². The fourth-order valence-corrected chi connectivity index (χ4v) is 5.53. The number of hydrogen-bond donors (Lipinski definition) is 0. The van der Waals surface area contributed by atoms with Crippen molar-refractivity contribution >= 4 is 29.6 Å². The van der Waals surface area contributed by atoms with Gasteiger partial charge in [0.15, 0.2) is 5.69 Å². The highest BCUT2D eigenvalue weighted by Gasteiger charge is 2.44. The van der Waals surface area contributed by atoms with E-state index >= 15 is 0 Å². The third-order valence-corrected chi connectivity index (χ3v) is 7.55. The van der Waals surface area contributed by atoms with Gasteiger partial charge >= 0.3 is 11.9 Å². The average Bonchev–Trinajstić information content (AvgIpc) is 3.58. The van der Waals surface area contributed by atoms with E-state index in [0.717, 1.165) is 51.9 Å². The van der Waals surface area contributed by atoms with Gasteiger partial charge in [0.25, 0.3) is 5.91 Å². The number of benzene rings is 2. The summed E-state index contributed by atoms with van der Waals surface area (Å²) < 4.78 is 11.3. The topological polar surface area (TPSA) is 116 Å². The Balaban J connectivity index is 1.52. The van der Waals surface area contributed by atoms with E-state index in [2.05, 4.69) is 47.6 Å². The Hall–Kier alpha value is -4.60. The summed E-state index contributed by atoms with van der Waals surface area (Å²) in [6, 6.07) is 16.1. The van der Waals surface area contributed by atoms with E-state index in [0.29, 0.717) is 0 Å². The van der Waals surface area contributed by atoms with Crippen LogP contribution in [0.4, 0.5) is 0 Å². The molecule has 42 heavy (non-hydrogen) atoms. The van der Waals surface area contributed by atoms with Crippen molar-refractivity contribution < 1.29 is 23.9 Å². The van der Waals surface area contributed by atoms with E-state index in [1.165, 1.54) is 10.6 Å². The molecule has 10 heteroatoms. The number of carbonyl (C=O) groups is 3. The Labute approximate surface area is 245 Å². The molecule has 1 amide bonds. The van der Waals surface area contributed by atoms with Crippen LogP contribution in [0.3, 0.4) is 0 Å². The number of amides is 1. The van der Waals surface area contributed by atoms with Crippen LogP contribution < -0.4 is 0 Å². The molecule has 1 aliphatic heterocycles. The lowest BCUT2D eigenvalue weighted by atomic mass is 9.77. The van der Waals surface area contributed by atoms with Crippen LogP contribution in [0.1, 0.15) is 82.4 Å². The molecule has 2 aromatic carbocycles. The van der Waals surface area contributed by atoms with Crippen molar-refractivity contribution in [3.05, 3.63) is 87.7 Å². The van der Waals surface area contributed by atoms with Gasteiger partial charge in [-0.1, -0.05) is 64.9 Å². The Morgan fingerprint density at radius 3 is 2.24 bits per heavy atom. The lowest BCUT2D eigenvalue weighted by Gasteiger charge is -2.29. The minimum Gasteiger partial charge on any atom is -0.461 e. The number of rotatable bonds is 8. The van der Waals surface area contributed by atoms with Gasteiger partial charge < -0.3 is 9.47 Å². The zero-order valence-electron chi connectivity index (χ0n) is 24.4. The maximum absolute atomic E-state index is 14.0. The molecule has 0 radical (unpaired) electrons. The van der Waals surface area contributed by atoms with Gasteiger partial charge in [-0.05, 0) is 69.7 Å². The first-order chi connectivity index (χ1) is 20.3. The third kappa shape index (κ3) is 5.88. The molecule has 0 saturated heterocycles. The first kappa shape index (κ1) is 28.9. The summed E-state index contributed by atoms with van der Waals surface area (Å²) >= 11 is 0. The Bertz CT molecular complexity index is 1540. The molecule has 1 saturated carbocycles. The lowest BCUT2D eigenvalue weighted by Crippen LogP contribution is -2.34. The van der Waals surface area contributed by atoms with Gasteiger partial charge in [-0.2, -0.15) is 5.10 Å². The van der Waals surface area contributed by atoms with Crippen LogP contribution >= 0.6 is 0 Å². The number of ether oxygens (including phenoxy) is 2. The minimum absolute atomic E-state index is 0.0115. The molecular weight excluding hydrogens is 534 g/mol. The van der Waals surface area contributed by atoms with Crippen molar-refractivity contribution in [2.45, 2.75) is 59.5 Å². The normalized spacial score (nSPS) is 18.9. The highest BCUT2D eigenvalue weighted by molar-refractivity contribution is 6.08. The van der Waals surface area contributed by atoms with E-state index in [-0.39, 0.29) is 49.0 Å². The van der Waals surface area contributed by atoms with Gasteiger partial charge in [-0.15, -0.1) is 5.10 Å². The molecule has 0 N–H and O–H groups in total. The van der Waals surface area contributed by atoms with E-state index in [1.54, 1.807) is 13.8 Å². The molecule has 1 aromatic heterocycles. The molecule has 5 rings (SSSR count). The van der Waals surface area contributed by atoms with Crippen molar-refractivity contribution in [1.29, 1.82) is 0 Å². The maximum atomic E-state index is 14.0. The van der Waals surface area contributed by atoms with Gasteiger partial charge in [-0.3, -0.25) is 4.79 Å². The summed E-state index contributed by atoms with van der Waals surface area (Å²) in [5, 5.41) is 14.3. The molecule has 0 bridgehead atoms. The summed E-state index contributed by atoms with van der Waals surface area (Å²) in [6.45, 7) is 7.19. The number of esters is 2. The summed E-state index contributed by atoms with van der Waals surface area (Å²) in [4.78, 5) is 39.3. The second-order valence-electron chi connectivity index (χ2n) is 10.5. The fourth-order valence-electron chi connectivity index (χ4n) is 5.53. The summed E-state index contributed by atoms with van der Waals surface area (Å²) in [7, 11) is 0. The molecule has 2 unspecified atom stereocenters. The molecular formula is C32H35N5O5. The zero-order valence-corrected chi connectivity index (χ0v) is 24.4. The third-order valence-electron chi connectivity index (χ3n) is 7.55. The molecule has 2 atom stereocenters. The first-order valence-corrected chi connectivity index (χ1v) is 14.3. The standard InChI is InChI=1S/C32H35N5O5/c1-5-41-31(39)28-30(32(40)42-6-2)36(35-33-28)19-26(38)37-29(23-16-12-21(4)13-17-23)25-9-7-8-24(27(25)34-37)18-22-14-10-20(3)11-15-22/h10-18,25,29H,5-9,19H2,1-4H3. The first-order valence-electron chi connectivity index (χ1n) is 14.3. The van der Waals surface area contributed by atoms with Crippen LogP contribution in [0.15, 0.2) is 59.2 Å². The van der Waals surface area contributed by atoms with Crippen LogP contribution in [-0.2, 0) is 20.8 Å². The lowest BCUT2D eigenvalue weighted by molar-refractivity contribution is -0.134. The molecule has 2 heterocycles. The van der Waals surface area contributed by atoms with Crippen LogP contribution in [0.25, 0.3) is 6.08 Å². The van der Waals surface area contributed by atoms with Gasteiger partial charge in [0.2, 0.25) is 5.69 Å². The predicted molar refractivity (Wildman–Crippen MR) is 157 cm³/mol. The monoisotopic (exact) mass is 569 g/mol. The van der Waals surface area contributed by atoms with E-state index < -0.39 is 11.9 Å². The molecule has 1 fully saturated rings. The van der Waals surface area contributed by atoms with Crippen molar-refractivity contribution in [2.75, 3.05) is 13.2 Å². The van der Waals surface area contributed by atoms with E-state index in [9.17, 15) is 14.4 Å². The zero-order chi connectivity index (χ0) is 29.8. The number of nitrogens with zero attached hydrogens (tertiary/aromatic N) is 5. The summed E-state index contributed by atoms with van der Waals surface area (Å²) in [5.41, 5.74) is 5.87. The van der Waals surface area contributed by atoms with Crippen LogP contribution in [0.2, 0.25) is 0 Å². The smallest absolute Gasteiger partial charge is 0.361 e. The largest absolute Gasteiger partial charge is 0.461 e. The van der Waals surface area contributed by atoms with Gasteiger partial charge in [0, 0.05) is 5.92 Å². The number of hydrazone groups is 1. The highest BCUT2D eigenvalue weighted by Crippen LogP contribution is 2.44. The second kappa shape index (κ2) is 12.5.